The molecule has 47 valence electrons. The number of hydrogen-bond acceptors (Lipinski definition) is 0. The van der Waals surface area contributed by atoms with E-state index in [4.69, 9.17) is 0 Å². The van der Waals surface area contributed by atoms with Gasteiger partial charge < -0.3 is 0 Å². The Kier molecular flexibility index (Phi) is 1.42. The predicted octanol–water partition coefficient (Wildman–Crippen LogP) is 1.90. The van der Waals surface area contributed by atoms with Crippen molar-refractivity contribution in [3.05, 3.63) is 35.7 Å². The summed E-state index contributed by atoms with van der Waals surface area (Å²) in [6, 6.07) is 2.75. The maximum atomic E-state index is 11.9. The highest BCUT2D eigenvalue weighted by Gasteiger charge is 1.97. The Morgan fingerprint density at radius 1 is 1.00 bits per heavy atom. The van der Waals surface area contributed by atoms with Crippen LogP contribution in [0.25, 0.3) is 0 Å². The molecular formula is C6H2F3. The maximum Gasteiger partial charge on any atom is 0.137 e. The Morgan fingerprint density at radius 3 is 1.78 bits per heavy atom. The van der Waals surface area contributed by atoms with Crippen LogP contribution in [0.1, 0.15) is 0 Å². The fourth-order valence-electron chi connectivity index (χ4n) is 0.470. The van der Waals surface area contributed by atoms with Crippen molar-refractivity contribution >= 4 is 0 Å². The first-order chi connectivity index (χ1) is 4.18. The van der Waals surface area contributed by atoms with Crippen LogP contribution in [0.4, 0.5) is 13.2 Å². The molecule has 3 heteroatoms. The van der Waals surface area contributed by atoms with Gasteiger partial charge in [0.2, 0.25) is 0 Å². The predicted molar refractivity (Wildman–Crippen MR) is 25.2 cm³/mol. The van der Waals surface area contributed by atoms with Gasteiger partial charge in [-0.2, -0.15) is 0 Å². The van der Waals surface area contributed by atoms with E-state index in [0.29, 0.717) is 12.1 Å². The van der Waals surface area contributed by atoms with Crippen molar-refractivity contribution in [3.8, 4) is 0 Å². The molecule has 0 aromatic heterocycles. The minimum atomic E-state index is -1.02. The SMILES string of the molecule is Fc1[c]c(F)cc(F)c1. The summed E-state index contributed by atoms with van der Waals surface area (Å²) in [4.78, 5) is 0. The lowest BCUT2D eigenvalue weighted by atomic mass is 10.3. The Morgan fingerprint density at radius 2 is 1.44 bits per heavy atom. The van der Waals surface area contributed by atoms with Gasteiger partial charge in [-0.15, -0.1) is 0 Å². The quantitative estimate of drug-likeness (QED) is 0.504. The highest BCUT2D eigenvalue weighted by molar-refractivity contribution is 5.05. The van der Waals surface area contributed by atoms with Crippen molar-refractivity contribution in [2.45, 2.75) is 0 Å². The van der Waals surface area contributed by atoms with Crippen molar-refractivity contribution in [3.63, 3.8) is 0 Å². The fourth-order valence-corrected chi connectivity index (χ4v) is 0.470. The van der Waals surface area contributed by atoms with E-state index in [1.54, 1.807) is 6.07 Å². The first-order valence-electron chi connectivity index (χ1n) is 2.22. The molecule has 0 aliphatic heterocycles. The third kappa shape index (κ3) is 1.45. The Balaban J connectivity index is 3.17. The van der Waals surface area contributed by atoms with Crippen molar-refractivity contribution in [1.82, 2.24) is 0 Å². The molecule has 0 saturated carbocycles. The van der Waals surface area contributed by atoms with Crippen molar-refractivity contribution in [1.29, 1.82) is 0 Å². The Labute approximate surface area is 49.9 Å². The fraction of sp³-hybridized carbons (Fsp3) is 0. The van der Waals surface area contributed by atoms with E-state index in [2.05, 4.69) is 0 Å². The van der Waals surface area contributed by atoms with Crippen LogP contribution >= 0.6 is 0 Å². The van der Waals surface area contributed by atoms with E-state index in [1.165, 1.54) is 0 Å². The lowest BCUT2D eigenvalue weighted by molar-refractivity contribution is 0.540. The van der Waals surface area contributed by atoms with E-state index in [-0.39, 0.29) is 0 Å². The molecule has 0 bridgehead atoms. The van der Waals surface area contributed by atoms with Gasteiger partial charge in [0.25, 0.3) is 0 Å². The molecule has 0 aliphatic rings. The largest absolute Gasteiger partial charge is 0.207 e. The summed E-state index contributed by atoms with van der Waals surface area (Å²) in [5, 5.41) is 0. The van der Waals surface area contributed by atoms with E-state index < -0.39 is 17.5 Å². The van der Waals surface area contributed by atoms with Crippen LogP contribution < -0.4 is 0 Å². The van der Waals surface area contributed by atoms with E-state index in [0.717, 1.165) is 0 Å². The third-order valence-corrected chi connectivity index (χ3v) is 0.768. The number of hydrogen-bond donors (Lipinski definition) is 0. The highest BCUT2D eigenvalue weighted by atomic mass is 19.1. The summed E-state index contributed by atoms with van der Waals surface area (Å²) in [7, 11) is 0. The van der Waals surface area contributed by atoms with Crippen LogP contribution in [-0.2, 0) is 0 Å². The molecule has 0 unspecified atom stereocenters. The zero-order chi connectivity index (χ0) is 6.85. The zero-order valence-corrected chi connectivity index (χ0v) is 4.29. The Bertz CT molecular complexity index is 169. The lowest BCUT2D eigenvalue weighted by Crippen LogP contribution is -1.81. The average Bonchev–Trinajstić information content (AvgIpc) is 1.59. The minimum Gasteiger partial charge on any atom is -0.207 e. The maximum absolute atomic E-state index is 11.9. The highest BCUT2D eigenvalue weighted by Crippen LogP contribution is 2.03. The van der Waals surface area contributed by atoms with E-state index in [1.807, 2.05) is 0 Å². The van der Waals surface area contributed by atoms with Gasteiger partial charge >= 0.3 is 0 Å². The van der Waals surface area contributed by atoms with Gasteiger partial charge in [-0.3, -0.25) is 0 Å². The Hall–Kier alpha value is -0.990. The van der Waals surface area contributed by atoms with Crippen LogP contribution in [0, 0.1) is 23.5 Å². The summed E-state index contributed by atoms with van der Waals surface area (Å²) in [6.45, 7) is 0. The molecule has 0 amide bonds. The van der Waals surface area contributed by atoms with Gasteiger partial charge in [-0.1, -0.05) is 0 Å². The third-order valence-electron chi connectivity index (χ3n) is 0.768. The number of benzene rings is 1. The van der Waals surface area contributed by atoms with Crippen LogP contribution in [0.15, 0.2) is 12.1 Å². The summed E-state index contributed by atoms with van der Waals surface area (Å²) in [6.07, 6.45) is 0. The summed E-state index contributed by atoms with van der Waals surface area (Å²) in [5.41, 5.74) is 0. The molecule has 0 heterocycles. The first-order valence-corrected chi connectivity index (χ1v) is 2.22. The molecule has 0 N–H and O–H groups in total. The van der Waals surface area contributed by atoms with Gasteiger partial charge in [0.1, 0.15) is 17.5 Å². The number of halogens is 3. The van der Waals surface area contributed by atoms with Crippen LogP contribution in [0.5, 0.6) is 0 Å². The molecule has 1 aromatic rings. The molecule has 1 radical (unpaired) electrons. The average molecular weight is 131 g/mol. The lowest BCUT2D eigenvalue weighted by Gasteiger charge is -1.87. The first kappa shape index (κ1) is 6.13. The molecule has 9 heavy (non-hydrogen) atoms. The van der Waals surface area contributed by atoms with Crippen molar-refractivity contribution in [2.75, 3.05) is 0 Å². The van der Waals surface area contributed by atoms with Crippen molar-refractivity contribution in [2.24, 2.45) is 0 Å². The van der Waals surface area contributed by atoms with Crippen LogP contribution in [0.3, 0.4) is 0 Å². The van der Waals surface area contributed by atoms with Gasteiger partial charge in [0, 0.05) is 12.1 Å². The van der Waals surface area contributed by atoms with Crippen molar-refractivity contribution < 1.29 is 13.2 Å². The molecular weight excluding hydrogens is 129 g/mol. The van der Waals surface area contributed by atoms with Gasteiger partial charge in [0.05, 0.1) is 6.07 Å². The number of rotatable bonds is 0. The second-order valence-electron chi connectivity index (χ2n) is 1.49. The summed E-state index contributed by atoms with van der Waals surface area (Å²) < 4.78 is 35.7. The topological polar surface area (TPSA) is 0 Å². The minimum absolute atomic E-state index is 0.559. The monoisotopic (exact) mass is 131 g/mol. The molecule has 0 fully saturated rings. The molecule has 0 spiro atoms. The van der Waals surface area contributed by atoms with Gasteiger partial charge in [0.15, 0.2) is 0 Å². The molecule has 0 nitrogen and oxygen atoms in total. The molecule has 1 aromatic carbocycles. The molecule has 1 rings (SSSR count). The van der Waals surface area contributed by atoms with Gasteiger partial charge in [-0.25, -0.2) is 13.2 Å². The van der Waals surface area contributed by atoms with Crippen LogP contribution in [-0.4, -0.2) is 0 Å². The molecule has 0 saturated heterocycles. The summed E-state index contributed by atoms with van der Waals surface area (Å²) >= 11 is 0. The summed E-state index contributed by atoms with van der Waals surface area (Å²) in [5.74, 6) is -2.97. The smallest absolute Gasteiger partial charge is 0.137 e. The molecule has 0 aliphatic carbocycles. The zero-order valence-electron chi connectivity index (χ0n) is 4.29. The van der Waals surface area contributed by atoms with Gasteiger partial charge in [-0.05, 0) is 0 Å². The van der Waals surface area contributed by atoms with E-state index >= 15 is 0 Å². The second-order valence-corrected chi connectivity index (χ2v) is 1.49. The van der Waals surface area contributed by atoms with Crippen LogP contribution in [0.2, 0.25) is 0 Å². The second kappa shape index (κ2) is 2.09. The normalized spacial score (nSPS) is 9.67. The standard InChI is InChI=1S/C6H2F3/c7-4-1-5(8)3-6(9)2-4/h1-2H. The molecule has 0 atom stereocenters. The van der Waals surface area contributed by atoms with E-state index in [9.17, 15) is 13.2 Å².